The Kier molecular flexibility index (Phi) is 7.12. The molecule has 30 heavy (non-hydrogen) atoms. The number of rotatable bonds is 6. The molecule has 2 aromatic carbocycles. The second-order valence-corrected chi connectivity index (χ2v) is 7.70. The van der Waals surface area contributed by atoms with Crippen LogP contribution in [-0.2, 0) is 6.54 Å². The van der Waals surface area contributed by atoms with E-state index in [9.17, 15) is 9.18 Å². The topological polar surface area (TPSA) is 77.4 Å². The van der Waals surface area contributed by atoms with Gasteiger partial charge in [-0.1, -0.05) is 12.1 Å². The van der Waals surface area contributed by atoms with E-state index in [0.717, 1.165) is 24.2 Å². The van der Waals surface area contributed by atoms with E-state index >= 15 is 0 Å². The Labute approximate surface area is 176 Å². The molecule has 7 heteroatoms. The predicted molar refractivity (Wildman–Crippen MR) is 114 cm³/mol. The SMILES string of the molecule is CC(C)Oc1cccc(CNC(=O)NC2CCCN(c3ccc(C#N)cc3F)C2)c1. The molecule has 3 rings (SSSR count). The van der Waals surface area contributed by atoms with Crippen molar-refractivity contribution in [1.29, 1.82) is 5.26 Å². The summed E-state index contributed by atoms with van der Waals surface area (Å²) in [4.78, 5) is 14.3. The predicted octanol–water partition coefficient (Wildman–Crippen LogP) is 3.95. The number of nitriles is 1. The lowest BCUT2D eigenvalue weighted by Crippen LogP contribution is -2.50. The average Bonchev–Trinajstić information content (AvgIpc) is 2.72. The van der Waals surface area contributed by atoms with Gasteiger partial charge in [0.1, 0.15) is 11.6 Å². The highest BCUT2D eigenvalue weighted by Gasteiger charge is 2.23. The van der Waals surface area contributed by atoms with E-state index in [1.54, 1.807) is 12.1 Å². The number of carbonyl (C=O) groups is 1. The molecule has 1 saturated heterocycles. The van der Waals surface area contributed by atoms with E-state index in [4.69, 9.17) is 10.00 Å². The number of benzene rings is 2. The highest BCUT2D eigenvalue weighted by Crippen LogP contribution is 2.24. The first-order valence-corrected chi connectivity index (χ1v) is 10.2. The summed E-state index contributed by atoms with van der Waals surface area (Å²) in [6, 6.07) is 13.7. The molecular weight excluding hydrogens is 383 g/mol. The number of halogens is 1. The summed E-state index contributed by atoms with van der Waals surface area (Å²) >= 11 is 0. The quantitative estimate of drug-likeness (QED) is 0.756. The lowest BCUT2D eigenvalue weighted by molar-refractivity contribution is 0.234. The fraction of sp³-hybridized carbons (Fsp3) is 0.391. The van der Waals surface area contributed by atoms with Gasteiger partial charge < -0.3 is 20.3 Å². The lowest BCUT2D eigenvalue weighted by Gasteiger charge is -2.35. The van der Waals surface area contributed by atoms with Gasteiger partial charge in [-0.25, -0.2) is 9.18 Å². The summed E-state index contributed by atoms with van der Waals surface area (Å²) in [6.07, 6.45) is 1.77. The molecule has 1 unspecified atom stereocenters. The number of ether oxygens (including phenoxy) is 1. The molecule has 0 saturated carbocycles. The van der Waals surface area contributed by atoms with Crippen molar-refractivity contribution >= 4 is 11.7 Å². The molecule has 6 nitrogen and oxygen atoms in total. The smallest absolute Gasteiger partial charge is 0.315 e. The molecule has 0 aromatic heterocycles. The number of hydrogen-bond donors (Lipinski definition) is 2. The van der Waals surface area contributed by atoms with Crippen LogP contribution < -0.4 is 20.3 Å². The average molecular weight is 410 g/mol. The second-order valence-electron chi connectivity index (χ2n) is 7.70. The Bertz CT molecular complexity index is 926. The largest absolute Gasteiger partial charge is 0.491 e. The zero-order valence-corrected chi connectivity index (χ0v) is 17.3. The van der Waals surface area contributed by atoms with Crippen LogP contribution in [0.25, 0.3) is 0 Å². The molecule has 158 valence electrons. The van der Waals surface area contributed by atoms with E-state index < -0.39 is 5.82 Å². The summed E-state index contributed by atoms with van der Waals surface area (Å²) in [5.74, 6) is 0.361. The van der Waals surface area contributed by atoms with Crippen molar-refractivity contribution in [3.63, 3.8) is 0 Å². The summed E-state index contributed by atoms with van der Waals surface area (Å²) < 4.78 is 20.0. The van der Waals surface area contributed by atoms with Gasteiger partial charge in [0.2, 0.25) is 0 Å². The minimum Gasteiger partial charge on any atom is -0.491 e. The molecule has 0 aliphatic carbocycles. The Morgan fingerprint density at radius 1 is 1.33 bits per heavy atom. The second kappa shape index (κ2) is 9.97. The highest BCUT2D eigenvalue weighted by atomic mass is 19.1. The first-order valence-electron chi connectivity index (χ1n) is 10.2. The van der Waals surface area contributed by atoms with Crippen LogP contribution in [0, 0.1) is 17.1 Å². The molecule has 0 bridgehead atoms. The van der Waals surface area contributed by atoms with E-state index in [0.29, 0.717) is 30.9 Å². The van der Waals surface area contributed by atoms with E-state index in [1.807, 2.05) is 49.1 Å². The third-order valence-corrected chi connectivity index (χ3v) is 4.90. The van der Waals surface area contributed by atoms with E-state index in [1.165, 1.54) is 6.07 Å². The van der Waals surface area contributed by atoms with Gasteiger partial charge in [0.15, 0.2) is 0 Å². The summed E-state index contributed by atoms with van der Waals surface area (Å²) in [7, 11) is 0. The maximum absolute atomic E-state index is 14.3. The molecular formula is C23H27FN4O2. The van der Waals surface area contributed by atoms with Crippen molar-refractivity contribution in [3.05, 3.63) is 59.4 Å². The fourth-order valence-corrected chi connectivity index (χ4v) is 3.57. The molecule has 1 aliphatic heterocycles. The van der Waals surface area contributed by atoms with Crippen LogP contribution in [0.15, 0.2) is 42.5 Å². The van der Waals surface area contributed by atoms with Crippen molar-refractivity contribution in [3.8, 4) is 11.8 Å². The molecule has 2 N–H and O–H groups in total. The van der Waals surface area contributed by atoms with Crippen LogP contribution in [0.5, 0.6) is 5.75 Å². The minimum atomic E-state index is -0.414. The van der Waals surface area contributed by atoms with Gasteiger partial charge in [-0.05, 0) is 62.6 Å². The number of carbonyl (C=O) groups excluding carboxylic acids is 1. The minimum absolute atomic E-state index is 0.0793. The molecule has 1 heterocycles. The van der Waals surface area contributed by atoms with E-state index in [2.05, 4.69) is 10.6 Å². The van der Waals surface area contributed by atoms with Crippen LogP contribution in [-0.4, -0.2) is 31.3 Å². The van der Waals surface area contributed by atoms with Crippen molar-refractivity contribution in [1.82, 2.24) is 10.6 Å². The van der Waals surface area contributed by atoms with Crippen molar-refractivity contribution in [2.24, 2.45) is 0 Å². The van der Waals surface area contributed by atoms with Gasteiger partial charge in [0, 0.05) is 25.7 Å². The summed E-state index contributed by atoms with van der Waals surface area (Å²) in [5, 5.41) is 14.8. The Morgan fingerprint density at radius 3 is 2.90 bits per heavy atom. The zero-order valence-electron chi connectivity index (χ0n) is 17.3. The van der Waals surface area contributed by atoms with Gasteiger partial charge in [0.25, 0.3) is 0 Å². The Balaban J connectivity index is 1.52. The number of piperidine rings is 1. The van der Waals surface area contributed by atoms with E-state index in [-0.39, 0.29) is 18.2 Å². The Morgan fingerprint density at radius 2 is 2.17 bits per heavy atom. The van der Waals surface area contributed by atoms with Crippen LogP contribution in [0.1, 0.15) is 37.8 Å². The highest BCUT2D eigenvalue weighted by molar-refractivity contribution is 5.74. The van der Waals surface area contributed by atoms with Gasteiger partial charge in [-0.15, -0.1) is 0 Å². The van der Waals surface area contributed by atoms with Gasteiger partial charge in [-0.2, -0.15) is 5.26 Å². The number of nitrogens with zero attached hydrogens (tertiary/aromatic N) is 2. The van der Waals surface area contributed by atoms with Crippen molar-refractivity contribution in [2.75, 3.05) is 18.0 Å². The Hall–Kier alpha value is -3.27. The lowest BCUT2D eigenvalue weighted by atomic mass is 10.0. The molecule has 0 radical (unpaired) electrons. The van der Waals surface area contributed by atoms with Crippen molar-refractivity contribution < 1.29 is 13.9 Å². The number of amides is 2. The molecule has 2 amide bonds. The van der Waals surface area contributed by atoms with Gasteiger partial charge >= 0.3 is 6.03 Å². The molecule has 1 atom stereocenters. The molecule has 2 aromatic rings. The summed E-state index contributed by atoms with van der Waals surface area (Å²) in [6.45, 7) is 5.56. The molecule has 0 spiro atoms. The number of hydrogen-bond acceptors (Lipinski definition) is 4. The number of anilines is 1. The fourth-order valence-electron chi connectivity index (χ4n) is 3.57. The first kappa shape index (κ1) is 21.4. The van der Waals surface area contributed by atoms with Crippen LogP contribution in [0.2, 0.25) is 0 Å². The molecule has 1 fully saturated rings. The zero-order chi connectivity index (χ0) is 21.5. The van der Waals surface area contributed by atoms with Gasteiger partial charge in [-0.3, -0.25) is 0 Å². The van der Waals surface area contributed by atoms with Crippen LogP contribution in [0.3, 0.4) is 0 Å². The maximum Gasteiger partial charge on any atom is 0.315 e. The monoisotopic (exact) mass is 410 g/mol. The van der Waals surface area contributed by atoms with Gasteiger partial charge in [0.05, 0.1) is 23.4 Å². The standard InChI is InChI=1S/C23H27FN4O2/c1-16(2)30-20-7-3-5-18(11-20)14-26-23(29)27-19-6-4-10-28(15-19)22-9-8-17(13-25)12-21(22)24/h3,5,7-9,11-12,16,19H,4,6,10,14-15H2,1-2H3,(H2,26,27,29). The normalized spacial score (nSPS) is 16.1. The van der Waals surface area contributed by atoms with Crippen LogP contribution in [0.4, 0.5) is 14.9 Å². The van der Waals surface area contributed by atoms with Crippen molar-refractivity contribution in [2.45, 2.75) is 45.4 Å². The third-order valence-electron chi connectivity index (χ3n) is 4.90. The molecule has 1 aliphatic rings. The third kappa shape index (κ3) is 5.86. The van der Waals surface area contributed by atoms with Crippen LogP contribution >= 0.6 is 0 Å². The summed E-state index contributed by atoms with van der Waals surface area (Å²) in [5.41, 5.74) is 1.71. The number of urea groups is 1. The maximum atomic E-state index is 14.3. The first-order chi connectivity index (χ1) is 14.4. The number of nitrogens with one attached hydrogen (secondary N) is 2.